The molecular formula is C13H9BrF2N2O. The molecule has 1 aromatic heterocycles. The highest BCUT2D eigenvalue weighted by atomic mass is 79.9. The van der Waals surface area contributed by atoms with Crippen LogP contribution in [0.15, 0.2) is 34.9 Å². The molecule has 0 atom stereocenters. The number of carbonyl (C=O) groups excluding carboxylic acids is 1. The molecule has 0 unspecified atom stereocenters. The zero-order valence-electron chi connectivity index (χ0n) is 9.88. The molecule has 0 saturated heterocycles. The molecule has 0 saturated carbocycles. The van der Waals surface area contributed by atoms with Crippen molar-refractivity contribution in [3.05, 3.63) is 57.7 Å². The van der Waals surface area contributed by atoms with E-state index in [1.165, 1.54) is 18.3 Å². The largest absolute Gasteiger partial charge is 0.306 e. The number of pyridine rings is 1. The highest BCUT2D eigenvalue weighted by Crippen LogP contribution is 2.18. The van der Waals surface area contributed by atoms with Crippen LogP contribution in [-0.4, -0.2) is 10.9 Å². The van der Waals surface area contributed by atoms with Gasteiger partial charge in [0.2, 0.25) is 0 Å². The SMILES string of the molecule is Cc1cc(NC(=O)c2cccc(F)c2F)ncc1Br. The Morgan fingerprint density at radius 2 is 2.11 bits per heavy atom. The summed E-state index contributed by atoms with van der Waals surface area (Å²) in [6, 6.07) is 5.06. The fraction of sp³-hybridized carbons (Fsp3) is 0.0769. The minimum atomic E-state index is -1.17. The van der Waals surface area contributed by atoms with Crippen LogP contribution in [0, 0.1) is 18.6 Å². The van der Waals surface area contributed by atoms with Crippen molar-refractivity contribution in [2.75, 3.05) is 5.32 Å². The molecule has 98 valence electrons. The molecule has 0 bridgehead atoms. The second-order valence-corrected chi connectivity index (χ2v) is 4.73. The highest BCUT2D eigenvalue weighted by Gasteiger charge is 2.15. The zero-order chi connectivity index (χ0) is 14.0. The summed E-state index contributed by atoms with van der Waals surface area (Å²) < 4.78 is 27.2. The van der Waals surface area contributed by atoms with Crippen molar-refractivity contribution < 1.29 is 13.6 Å². The average molecular weight is 327 g/mol. The third-order valence-corrected chi connectivity index (χ3v) is 3.31. The molecule has 0 aliphatic heterocycles. The number of benzene rings is 1. The van der Waals surface area contributed by atoms with Crippen LogP contribution >= 0.6 is 15.9 Å². The van der Waals surface area contributed by atoms with Crippen LogP contribution in [0.2, 0.25) is 0 Å². The van der Waals surface area contributed by atoms with Gasteiger partial charge in [0.1, 0.15) is 5.82 Å². The Kier molecular flexibility index (Phi) is 3.90. The second-order valence-electron chi connectivity index (χ2n) is 3.87. The maximum atomic E-state index is 13.4. The number of hydrogen-bond donors (Lipinski definition) is 1. The second kappa shape index (κ2) is 5.44. The molecule has 1 heterocycles. The highest BCUT2D eigenvalue weighted by molar-refractivity contribution is 9.10. The summed E-state index contributed by atoms with van der Waals surface area (Å²) in [7, 11) is 0. The van der Waals surface area contributed by atoms with E-state index in [1.54, 1.807) is 6.07 Å². The van der Waals surface area contributed by atoms with Crippen molar-refractivity contribution in [1.29, 1.82) is 0 Å². The Balaban J connectivity index is 2.26. The maximum Gasteiger partial charge on any atom is 0.259 e. The first-order chi connectivity index (χ1) is 8.99. The van der Waals surface area contributed by atoms with Gasteiger partial charge in [-0.25, -0.2) is 13.8 Å². The monoisotopic (exact) mass is 326 g/mol. The molecule has 0 radical (unpaired) electrons. The summed E-state index contributed by atoms with van der Waals surface area (Å²) in [6.07, 6.45) is 1.52. The number of nitrogens with zero attached hydrogens (tertiary/aromatic N) is 1. The molecule has 19 heavy (non-hydrogen) atoms. The molecule has 1 N–H and O–H groups in total. The Morgan fingerprint density at radius 3 is 2.79 bits per heavy atom. The fourth-order valence-corrected chi connectivity index (χ4v) is 1.69. The standard InChI is InChI=1S/C13H9BrF2N2O/c1-7-5-11(17-6-9(7)14)18-13(19)8-3-2-4-10(15)12(8)16/h2-6H,1H3,(H,17,18,19). The zero-order valence-corrected chi connectivity index (χ0v) is 11.5. The van der Waals surface area contributed by atoms with E-state index < -0.39 is 17.5 Å². The predicted octanol–water partition coefficient (Wildman–Crippen LogP) is 3.68. The number of carbonyl (C=O) groups is 1. The van der Waals surface area contributed by atoms with E-state index in [9.17, 15) is 13.6 Å². The van der Waals surface area contributed by atoms with Gasteiger partial charge in [-0.2, -0.15) is 0 Å². The first-order valence-corrected chi connectivity index (χ1v) is 6.16. The third kappa shape index (κ3) is 2.96. The van der Waals surface area contributed by atoms with E-state index in [-0.39, 0.29) is 11.4 Å². The molecular weight excluding hydrogens is 318 g/mol. The van der Waals surface area contributed by atoms with Gasteiger partial charge in [-0.1, -0.05) is 6.07 Å². The van der Waals surface area contributed by atoms with E-state index in [0.717, 1.165) is 16.1 Å². The average Bonchev–Trinajstić information content (AvgIpc) is 2.37. The van der Waals surface area contributed by atoms with E-state index in [1.807, 2.05) is 6.92 Å². The summed E-state index contributed by atoms with van der Waals surface area (Å²) in [5, 5.41) is 2.42. The number of halogens is 3. The quantitative estimate of drug-likeness (QED) is 0.914. The summed E-state index contributed by atoms with van der Waals surface area (Å²) in [6.45, 7) is 1.82. The third-order valence-electron chi connectivity index (χ3n) is 2.48. The Labute approximate surface area is 116 Å². The first-order valence-electron chi connectivity index (χ1n) is 5.36. The minimum Gasteiger partial charge on any atom is -0.306 e. The number of hydrogen-bond acceptors (Lipinski definition) is 2. The van der Waals surface area contributed by atoms with Gasteiger partial charge in [-0.3, -0.25) is 4.79 Å². The number of anilines is 1. The van der Waals surface area contributed by atoms with E-state index in [2.05, 4.69) is 26.2 Å². The van der Waals surface area contributed by atoms with Crippen LogP contribution in [0.25, 0.3) is 0 Å². The van der Waals surface area contributed by atoms with Gasteiger partial charge < -0.3 is 5.32 Å². The maximum absolute atomic E-state index is 13.4. The van der Waals surface area contributed by atoms with Gasteiger partial charge in [0.05, 0.1) is 5.56 Å². The summed E-state index contributed by atoms with van der Waals surface area (Å²) in [4.78, 5) is 15.8. The number of nitrogens with one attached hydrogen (secondary N) is 1. The van der Waals surface area contributed by atoms with E-state index >= 15 is 0 Å². The summed E-state index contributed by atoms with van der Waals surface area (Å²) >= 11 is 3.28. The van der Waals surface area contributed by atoms with Gasteiger partial charge in [0, 0.05) is 10.7 Å². The number of rotatable bonds is 2. The molecule has 3 nitrogen and oxygen atoms in total. The lowest BCUT2D eigenvalue weighted by Gasteiger charge is -2.07. The van der Waals surface area contributed by atoms with E-state index in [0.29, 0.717) is 0 Å². The van der Waals surface area contributed by atoms with Crippen molar-refractivity contribution in [3.8, 4) is 0 Å². The number of aromatic nitrogens is 1. The lowest BCUT2D eigenvalue weighted by atomic mass is 10.2. The van der Waals surface area contributed by atoms with Crippen molar-refractivity contribution in [1.82, 2.24) is 4.98 Å². The van der Waals surface area contributed by atoms with Gasteiger partial charge >= 0.3 is 0 Å². The smallest absolute Gasteiger partial charge is 0.259 e. The van der Waals surface area contributed by atoms with Crippen LogP contribution in [0.1, 0.15) is 15.9 Å². The molecule has 1 amide bonds. The Bertz CT molecular complexity index is 647. The van der Waals surface area contributed by atoms with Gasteiger partial charge in [-0.05, 0) is 46.6 Å². The molecule has 2 rings (SSSR count). The topological polar surface area (TPSA) is 42.0 Å². The van der Waals surface area contributed by atoms with Crippen molar-refractivity contribution in [2.24, 2.45) is 0 Å². The predicted molar refractivity (Wildman–Crippen MR) is 71.0 cm³/mol. The summed E-state index contributed by atoms with van der Waals surface area (Å²) in [5.74, 6) is -2.71. The number of aryl methyl sites for hydroxylation is 1. The first kappa shape index (κ1) is 13.6. The van der Waals surface area contributed by atoms with Crippen molar-refractivity contribution >= 4 is 27.7 Å². The molecule has 0 spiro atoms. The normalized spacial score (nSPS) is 10.3. The Hall–Kier alpha value is -1.82. The van der Waals surface area contributed by atoms with Crippen LogP contribution in [0.4, 0.5) is 14.6 Å². The Morgan fingerprint density at radius 1 is 1.37 bits per heavy atom. The summed E-state index contributed by atoms with van der Waals surface area (Å²) in [5.41, 5.74) is 0.507. The van der Waals surface area contributed by atoms with Crippen LogP contribution < -0.4 is 5.32 Å². The van der Waals surface area contributed by atoms with Crippen molar-refractivity contribution in [2.45, 2.75) is 6.92 Å². The van der Waals surface area contributed by atoms with Crippen LogP contribution in [0.3, 0.4) is 0 Å². The fourth-order valence-electron chi connectivity index (χ4n) is 1.47. The van der Waals surface area contributed by atoms with E-state index in [4.69, 9.17) is 0 Å². The van der Waals surface area contributed by atoms with Crippen LogP contribution in [0.5, 0.6) is 0 Å². The molecule has 1 aromatic carbocycles. The molecule has 2 aromatic rings. The van der Waals surface area contributed by atoms with Gasteiger partial charge in [-0.15, -0.1) is 0 Å². The molecule has 0 aliphatic rings. The minimum absolute atomic E-state index is 0.273. The lowest BCUT2D eigenvalue weighted by molar-refractivity contribution is 0.102. The number of amides is 1. The van der Waals surface area contributed by atoms with Crippen LogP contribution in [-0.2, 0) is 0 Å². The molecule has 0 fully saturated rings. The van der Waals surface area contributed by atoms with Gasteiger partial charge in [0.25, 0.3) is 5.91 Å². The molecule has 6 heteroatoms. The molecule has 0 aliphatic carbocycles. The van der Waals surface area contributed by atoms with Crippen molar-refractivity contribution in [3.63, 3.8) is 0 Å². The van der Waals surface area contributed by atoms with Gasteiger partial charge in [0.15, 0.2) is 11.6 Å². The lowest BCUT2D eigenvalue weighted by Crippen LogP contribution is -2.15.